The molecule has 0 aliphatic carbocycles. The predicted molar refractivity (Wildman–Crippen MR) is 252 cm³/mol. The highest BCUT2D eigenvalue weighted by Crippen LogP contribution is 2.49. The van der Waals surface area contributed by atoms with Gasteiger partial charge in [-0.15, -0.1) is 20.5 Å². The quantitative estimate of drug-likeness (QED) is 0.0465. The molecule has 0 bridgehead atoms. The van der Waals surface area contributed by atoms with E-state index in [1.165, 1.54) is 30.3 Å². The predicted octanol–water partition coefficient (Wildman–Crippen LogP) is 12.3. The molecule has 2 heterocycles. The van der Waals surface area contributed by atoms with E-state index in [0.717, 1.165) is 17.4 Å². The molecule has 66 heavy (non-hydrogen) atoms. The Bertz CT molecular complexity index is 3450. The molecule has 7 rings (SSSR count). The van der Waals surface area contributed by atoms with Crippen LogP contribution < -0.4 is 21.3 Å². The second-order valence-corrected chi connectivity index (χ2v) is 18.4. The fourth-order valence-electron chi connectivity index (χ4n) is 6.41. The SMILES string of the molecule is CCNC(=O)Nc1ccc(-c2c(N=Nc3ccc4cccc(S(=O)(=O)O)c4c3)sc(N=Nc3c(Nc4ccc(Cl)cc4)nc(Nc4ccc(Cl)c(S(=O)(=O)O)c4)c(C#N)c3C)c2C#N)cc1. The fourth-order valence-corrected chi connectivity index (χ4v) is 9.16. The van der Waals surface area contributed by atoms with Gasteiger partial charge in [0.05, 0.1) is 16.3 Å². The number of nitrogens with zero attached hydrogens (tertiary/aromatic N) is 7. The standard InChI is InChI=1S/C43H31Cl2N11O7S3/c1-3-48-43(57)51-28-12-8-25(9-13-28)37-33(22-47)41(64-42(37)56-53-30-14-7-24-5-4-6-35(31(24)19-30)65(58,59)60)55-54-38-23(2)32(21-46)39(52-40(38)49-27-15-10-26(44)11-16-27)50-29-17-18-34(45)36(20-29)66(61,62)63/h4-20H,3H2,1-2H3,(H2,48,51,57)(H2,49,50,52)(H,58,59,60)(H,61,62,63). The zero-order valence-electron chi connectivity index (χ0n) is 34.1. The molecule has 332 valence electrons. The first kappa shape index (κ1) is 46.6. The van der Waals surface area contributed by atoms with Gasteiger partial charge in [-0.2, -0.15) is 27.4 Å². The number of fused-ring (bicyclic) bond motifs is 1. The molecule has 2 aromatic heterocycles. The number of thiophene rings is 1. The van der Waals surface area contributed by atoms with E-state index in [1.807, 2.05) is 0 Å². The van der Waals surface area contributed by atoms with Crippen molar-refractivity contribution in [2.75, 3.05) is 22.5 Å². The second-order valence-electron chi connectivity index (χ2n) is 13.8. The number of amides is 2. The molecular formula is C43H31Cl2N11O7S3. The lowest BCUT2D eigenvalue weighted by molar-refractivity contribution is 0.252. The summed E-state index contributed by atoms with van der Waals surface area (Å²) in [6.07, 6.45) is 0. The van der Waals surface area contributed by atoms with Crippen molar-refractivity contribution in [2.45, 2.75) is 23.6 Å². The van der Waals surface area contributed by atoms with Crippen LogP contribution in [-0.4, -0.2) is 43.5 Å². The van der Waals surface area contributed by atoms with Crippen molar-refractivity contribution in [3.8, 4) is 23.3 Å². The second kappa shape index (κ2) is 19.4. The number of anilines is 5. The smallest absolute Gasteiger partial charge is 0.319 e. The Kier molecular flexibility index (Phi) is 13.7. The Labute approximate surface area is 390 Å². The number of benzene rings is 5. The van der Waals surface area contributed by atoms with E-state index < -0.39 is 31.2 Å². The Hall–Kier alpha value is -7.34. The van der Waals surface area contributed by atoms with Gasteiger partial charge in [0.15, 0.2) is 16.6 Å². The van der Waals surface area contributed by atoms with Gasteiger partial charge in [-0.3, -0.25) is 9.11 Å². The molecule has 2 amide bonds. The highest BCUT2D eigenvalue weighted by atomic mass is 35.5. The van der Waals surface area contributed by atoms with Gasteiger partial charge < -0.3 is 21.3 Å². The Balaban J connectivity index is 1.36. The van der Waals surface area contributed by atoms with Crippen LogP contribution in [0.5, 0.6) is 0 Å². The Morgan fingerprint density at radius 1 is 0.742 bits per heavy atom. The van der Waals surface area contributed by atoms with Gasteiger partial charge >= 0.3 is 6.03 Å². The molecule has 23 heteroatoms. The molecule has 0 spiro atoms. The zero-order valence-corrected chi connectivity index (χ0v) is 38.0. The van der Waals surface area contributed by atoms with Crippen molar-refractivity contribution in [1.29, 1.82) is 10.5 Å². The van der Waals surface area contributed by atoms with Crippen LogP contribution in [-0.2, 0) is 20.2 Å². The number of halogens is 2. The van der Waals surface area contributed by atoms with E-state index in [9.17, 15) is 41.3 Å². The first-order valence-electron chi connectivity index (χ1n) is 19.0. The Morgan fingerprint density at radius 3 is 2.06 bits per heavy atom. The average molecular weight is 981 g/mol. The largest absolute Gasteiger partial charge is 0.339 e. The van der Waals surface area contributed by atoms with E-state index >= 15 is 0 Å². The van der Waals surface area contributed by atoms with Gasteiger partial charge in [-0.25, -0.2) is 9.78 Å². The number of pyridine rings is 1. The molecule has 0 saturated heterocycles. The monoisotopic (exact) mass is 979 g/mol. The molecule has 0 unspecified atom stereocenters. The van der Waals surface area contributed by atoms with Crippen molar-refractivity contribution in [3.05, 3.63) is 130 Å². The molecular weight excluding hydrogens is 950 g/mol. The van der Waals surface area contributed by atoms with Gasteiger partial charge in [0.25, 0.3) is 20.2 Å². The number of carbonyl (C=O) groups excluding carboxylic acids is 1. The minimum absolute atomic E-state index is 0.0234. The average Bonchev–Trinajstić information content (AvgIpc) is 3.63. The topological polar surface area (TPSA) is 284 Å². The summed E-state index contributed by atoms with van der Waals surface area (Å²) in [5, 5.41) is 51.6. The van der Waals surface area contributed by atoms with Crippen molar-refractivity contribution in [3.63, 3.8) is 0 Å². The molecule has 0 radical (unpaired) electrons. The first-order valence-corrected chi connectivity index (χ1v) is 23.5. The number of azo groups is 2. The summed E-state index contributed by atoms with van der Waals surface area (Å²) in [6, 6.07) is 29.8. The summed E-state index contributed by atoms with van der Waals surface area (Å²) in [5.41, 5.74) is 2.39. The minimum Gasteiger partial charge on any atom is -0.339 e. The fraction of sp³-hybridized carbons (Fsp3) is 0.0698. The number of nitriles is 2. The number of hydrogen-bond donors (Lipinski definition) is 6. The van der Waals surface area contributed by atoms with Gasteiger partial charge in [-0.05, 0) is 97.6 Å². The van der Waals surface area contributed by atoms with Crippen molar-refractivity contribution < 1.29 is 30.7 Å². The van der Waals surface area contributed by atoms with E-state index in [2.05, 4.69) is 58.8 Å². The molecule has 0 saturated carbocycles. The van der Waals surface area contributed by atoms with E-state index in [-0.39, 0.29) is 70.7 Å². The van der Waals surface area contributed by atoms with Crippen molar-refractivity contribution in [2.24, 2.45) is 20.5 Å². The lowest BCUT2D eigenvalue weighted by Gasteiger charge is -2.16. The summed E-state index contributed by atoms with van der Waals surface area (Å²) < 4.78 is 68.0. The van der Waals surface area contributed by atoms with Crippen molar-refractivity contribution in [1.82, 2.24) is 10.3 Å². The van der Waals surface area contributed by atoms with Crippen LogP contribution in [0.2, 0.25) is 10.0 Å². The molecule has 18 nitrogen and oxygen atoms in total. The third kappa shape index (κ3) is 10.4. The van der Waals surface area contributed by atoms with Crippen LogP contribution in [0.15, 0.2) is 133 Å². The molecule has 0 aliphatic rings. The van der Waals surface area contributed by atoms with Gasteiger partial charge in [-0.1, -0.05) is 64.9 Å². The zero-order chi connectivity index (χ0) is 47.3. The number of rotatable bonds is 13. The van der Waals surface area contributed by atoms with Gasteiger partial charge in [0.2, 0.25) is 0 Å². The number of nitrogens with one attached hydrogen (secondary N) is 4. The summed E-state index contributed by atoms with van der Waals surface area (Å²) in [4.78, 5) is 16.0. The molecule has 5 aromatic carbocycles. The summed E-state index contributed by atoms with van der Waals surface area (Å²) in [7, 11) is -9.31. The van der Waals surface area contributed by atoms with Crippen LogP contribution >= 0.6 is 34.5 Å². The summed E-state index contributed by atoms with van der Waals surface area (Å²) >= 11 is 13.1. The number of urea groups is 1. The van der Waals surface area contributed by atoms with Crippen LogP contribution in [0.25, 0.3) is 21.9 Å². The number of carbonyl (C=O) groups is 1. The molecule has 0 atom stereocenters. The Morgan fingerprint density at radius 2 is 1.39 bits per heavy atom. The minimum atomic E-state index is -4.72. The third-order valence-electron chi connectivity index (χ3n) is 9.46. The van der Waals surface area contributed by atoms with E-state index in [4.69, 9.17) is 23.2 Å². The number of aromatic nitrogens is 1. The lowest BCUT2D eigenvalue weighted by atomic mass is 10.0. The van der Waals surface area contributed by atoms with E-state index in [0.29, 0.717) is 39.5 Å². The molecule has 7 aromatic rings. The van der Waals surface area contributed by atoms with Crippen LogP contribution in [0, 0.1) is 29.6 Å². The first-order chi connectivity index (χ1) is 31.5. The molecule has 6 N–H and O–H groups in total. The number of hydrogen-bond acceptors (Lipinski definition) is 15. The van der Waals surface area contributed by atoms with Gasteiger partial charge in [0.1, 0.15) is 38.2 Å². The normalized spacial score (nSPS) is 11.7. The van der Waals surface area contributed by atoms with Crippen LogP contribution in [0.3, 0.4) is 0 Å². The maximum Gasteiger partial charge on any atom is 0.319 e. The maximum atomic E-state index is 12.2. The summed E-state index contributed by atoms with van der Waals surface area (Å²) in [5.74, 6) is 0.0327. The molecule has 0 fully saturated rings. The van der Waals surface area contributed by atoms with Gasteiger partial charge in [0, 0.05) is 45.1 Å². The highest BCUT2D eigenvalue weighted by Gasteiger charge is 2.24. The van der Waals surface area contributed by atoms with E-state index in [1.54, 1.807) is 80.6 Å². The highest BCUT2D eigenvalue weighted by molar-refractivity contribution is 7.86. The maximum absolute atomic E-state index is 12.2. The third-order valence-corrected chi connectivity index (χ3v) is 12.9. The van der Waals surface area contributed by atoms with Crippen LogP contribution in [0.1, 0.15) is 23.6 Å². The molecule has 0 aliphatic heterocycles. The lowest BCUT2D eigenvalue weighted by Crippen LogP contribution is -2.28. The van der Waals surface area contributed by atoms with Crippen LogP contribution in [0.4, 0.5) is 54.9 Å². The van der Waals surface area contributed by atoms with Crippen molar-refractivity contribution >= 4 is 122 Å². The summed E-state index contributed by atoms with van der Waals surface area (Å²) in [6.45, 7) is 3.76.